The molecule has 0 spiro atoms. The molecular weight excluding hydrogens is 392 g/mol. The summed E-state index contributed by atoms with van der Waals surface area (Å²) in [5.41, 5.74) is 3.64. The van der Waals surface area contributed by atoms with Crippen molar-refractivity contribution in [3.63, 3.8) is 0 Å². The Morgan fingerprint density at radius 1 is 1.13 bits per heavy atom. The molecule has 1 fully saturated rings. The Balaban J connectivity index is 1.61. The first-order valence-corrected chi connectivity index (χ1v) is 9.86. The number of anilines is 1. The molecule has 0 radical (unpaired) electrons. The van der Waals surface area contributed by atoms with E-state index < -0.39 is 11.9 Å². The summed E-state index contributed by atoms with van der Waals surface area (Å²) in [4.78, 5) is 38.2. The van der Waals surface area contributed by atoms with Crippen molar-refractivity contribution in [2.24, 2.45) is 0 Å². The van der Waals surface area contributed by atoms with Gasteiger partial charge < -0.3 is 15.2 Å². The number of urea groups is 1. The van der Waals surface area contributed by atoms with E-state index in [1.54, 1.807) is 6.08 Å². The van der Waals surface area contributed by atoms with Crippen LogP contribution >= 0.6 is 0 Å². The minimum atomic E-state index is -0.475. The number of rotatable bonds is 6. The molecule has 4 rings (SSSR count). The predicted molar refractivity (Wildman–Crippen MR) is 120 cm³/mol. The summed E-state index contributed by atoms with van der Waals surface area (Å²) in [5.74, 6) is -0.565. The number of carbonyl (C=O) groups excluding carboxylic acids is 3. The van der Waals surface area contributed by atoms with Crippen LogP contribution in [-0.2, 0) is 16.1 Å². The van der Waals surface area contributed by atoms with Gasteiger partial charge in [-0.2, -0.15) is 0 Å². The van der Waals surface area contributed by atoms with Crippen LogP contribution in [0.3, 0.4) is 0 Å². The SMILES string of the molecule is C=CCN1C(=O)NC(=Cc2cn(CC(=O)Nc3ccc(C)cc3)c3ccccc23)C1=O. The van der Waals surface area contributed by atoms with Gasteiger partial charge in [-0.1, -0.05) is 42.0 Å². The Morgan fingerprint density at radius 2 is 1.87 bits per heavy atom. The molecule has 3 aromatic rings. The standard InChI is InChI=1S/C24H22N4O3/c1-3-12-28-23(30)20(26-24(28)31)13-17-14-27(21-7-5-4-6-19(17)21)15-22(29)25-18-10-8-16(2)9-11-18/h3-11,13-14H,1,12,15H2,2H3,(H,25,29)(H,26,31). The van der Waals surface area contributed by atoms with E-state index in [1.165, 1.54) is 6.08 Å². The largest absolute Gasteiger partial charge is 0.337 e. The van der Waals surface area contributed by atoms with Gasteiger partial charge in [-0.15, -0.1) is 6.58 Å². The van der Waals surface area contributed by atoms with Gasteiger partial charge in [0, 0.05) is 34.9 Å². The van der Waals surface area contributed by atoms with E-state index in [9.17, 15) is 14.4 Å². The normalized spacial score (nSPS) is 14.9. The fourth-order valence-electron chi connectivity index (χ4n) is 3.54. The molecule has 1 aliphatic heterocycles. The molecule has 0 aliphatic carbocycles. The molecule has 2 aromatic carbocycles. The molecule has 7 nitrogen and oxygen atoms in total. The summed E-state index contributed by atoms with van der Waals surface area (Å²) in [6.07, 6.45) is 4.95. The first-order chi connectivity index (χ1) is 15.0. The summed E-state index contributed by atoms with van der Waals surface area (Å²) in [6, 6.07) is 14.7. The zero-order valence-corrected chi connectivity index (χ0v) is 17.1. The Hall–Kier alpha value is -4.13. The lowest BCUT2D eigenvalue weighted by molar-refractivity contribution is -0.122. The first kappa shape index (κ1) is 20.2. The minimum Gasteiger partial charge on any atom is -0.337 e. The van der Waals surface area contributed by atoms with Gasteiger partial charge in [-0.25, -0.2) is 4.79 Å². The van der Waals surface area contributed by atoms with Crippen LogP contribution in [0.1, 0.15) is 11.1 Å². The van der Waals surface area contributed by atoms with Gasteiger partial charge in [0.05, 0.1) is 0 Å². The zero-order valence-electron chi connectivity index (χ0n) is 17.1. The van der Waals surface area contributed by atoms with E-state index >= 15 is 0 Å². The van der Waals surface area contributed by atoms with Crippen molar-refractivity contribution < 1.29 is 14.4 Å². The maximum absolute atomic E-state index is 12.6. The first-order valence-electron chi connectivity index (χ1n) is 9.86. The number of imide groups is 1. The highest BCUT2D eigenvalue weighted by molar-refractivity contribution is 6.14. The van der Waals surface area contributed by atoms with E-state index in [0.717, 1.165) is 32.6 Å². The van der Waals surface area contributed by atoms with Crippen LogP contribution in [0, 0.1) is 6.92 Å². The lowest BCUT2D eigenvalue weighted by Gasteiger charge is -2.07. The van der Waals surface area contributed by atoms with Gasteiger partial charge in [0.1, 0.15) is 12.2 Å². The number of nitrogens with one attached hydrogen (secondary N) is 2. The number of carbonyl (C=O) groups is 3. The number of nitrogens with zero attached hydrogens (tertiary/aromatic N) is 2. The van der Waals surface area contributed by atoms with Crippen LogP contribution in [0.5, 0.6) is 0 Å². The monoisotopic (exact) mass is 414 g/mol. The third-order valence-corrected chi connectivity index (χ3v) is 5.04. The van der Waals surface area contributed by atoms with Crippen molar-refractivity contribution in [1.29, 1.82) is 0 Å². The highest BCUT2D eigenvalue weighted by Gasteiger charge is 2.32. The molecule has 4 amide bonds. The molecule has 0 unspecified atom stereocenters. The maximum Gasteiger partial charge on any atom is 0.329 e. The Kier molecular flexibility index (Phi) is 5.41. The topological polar surface area (TPSA) is 83.4 Å². The van der Waals surface area contributed by atoms with Gasteiger partial charge in [0.15, 0.2) is 0 Å². The van der Waals surface area contributed by atoms with Gasteiger partial charge in [0.25, 0.3) is 5.91 Å². The Bertz CT molecular complexity index is 1220. The third-order valence-electron chi connectivity index (χ3n) is 5.04. The molecule has 31 heavy (non-hydrogen) atoms. The number of fused-ring (bicyclic) bond motifs is 1. The van der Waals surface area contributed by atoms with Crippen molar-refractivity contribution in [3.8, 4) is 0 Å². The van der Waals surface area contributed by atoms with E-state index in [1.807, 2.05) is 66.2 Å². The molecule has 0 saturated carbocycles. The number of hydrogen-bond acceptors (Lipinski definition) is 3. The quantitative estimate of drug-likeness (QED) is 0.367. The zero-order chi connectivity index (χ0) is 22.0. The molecule has 1 saturated heterocycles. The number of aromatic nitrogens is 1. The number of aryl methyl sites for hydroxylation is 1. The van der Waals surface area contributed by atoms with E-state index in [2.05, 4.69) is 17.2 Å². The lowest BCUT2D eigenvalue weighted by atomic mass is 10.1. The predicted octanol–water partition coefficient (Wildman–Crippen LogP) is 3.67. The number of hydrogen-bond donors (Lipinski definition) is 2. The second-order valence-corrected chi connectivity index (χ2v) is 7.34. The Labute approximate surface area is 179 Å². The summed E-state index contributed by atoms with van der Waals surface area (Å²) >= 11 is 0. The molecule has 2 heterocycles. The van der Waals surface area contributed by atoms with Crippen LogP contribution in [-0.4, -0.2) is 33.9 Å². The highest BCUT2D eigenvalue weighted by Crippen LogP contribution is 2.25. The average Bonchev–Trinajstić information content (AvgIpc) is 3.22. The smallest absolute Gasteiger partial charge is 0.329 e. The molecule has 7 heteroatoms. The molecule has 1 aromatic heterocycles. The van der Waals surface area contributed by atoms with Gasteiger partial charge in [-0.3, -0.25) is 14.5 Å². The van der Waals surface area contributed by atoms with Crippen LogP contribution < -0.4 is 10.6 Å². The van der Waals surface area contributed by atoms with Crippen LogP contribution in [0.4, 0.5) is 10.5 Å². The molecular formula is C24H22N4O3. The minimum absolute atomic E-state index is 0.112. The van der Waals surface area contributed by atoms with Crippen molar-refractivity contribution in [3.05, 3.63) is 84.2 Å². The highest BCUT2D eigenvalue weighted by atomic mass is 16.2. The second kappa shape index (κ2) is 8.31. The van der Waals surface area contributed by atoms with E-state index in [0.29, 0.717) is 0 Å². The summed E-state index contributed by atoms with van der Waals surface area (Å²) in [7, 11) is 0. The van der Waals surface area contributed by atoms with Crippen molar-refractivity contribution >= 4 is 40.5 Å². The molecule has 2 N–H and O–H groups in total. The third kappa shape index (κ3) is 4.11. The number of amides is 4. The number of para-hydroxylation sites is 1. The molecule has 156 valence electrons. The van der Waals surface area contributed by atoms with E-state index in [4.69, 9.17) is 0 Å². The number of benzene rings is 2. The van der Waals surface area contributed by atoms with Crippen LogP contribution in [0.2, 0.25) is 0 Å². The average molecular weight is 414 g/mol. The van der Waals surface area contributed by atoms with Crippen molar-refractivity contribution in [1.82, 2.24) is 14.8 Å². The molecule has 1 aliphatic rings. The Morgan fingerprint density at radius 3 is 2.61 bits per heavy atom. The molecule has 0 bridgehead atoms. The second-order valence-electron chi connectivity index (χ2n) is 7.34. The fraction of sp³-hybridized carbons (Fsp3) is 0.125. The van der Waals surface area contributed by atoms with Crippen LogP contribution in [0.15, 0.2) is 73.1 Å². The van der Waals surface area contributed by atoms with Crippen LogP contribution in [0.25, 0.3) is 17.0 Å². The summed E-state index contributed by atoms with van der Waals surface area (Å²) < 4.78 is 1.83. The van der Waals surface area contributed by atoms with Crippen molar-refractivity contribution in [2.45, 2.75) is 13.5 Å². The van der Waals surface area contributed by atoms with Gasteiger partial charge >= 0.3 is 6.03 Å². The van der Waals surface area contributed by atoms with E-state index in [-0.39, 0.29) is 24.7 Å². The van der Waals surface area contributed by atoms with Crippen molar-refractivity contribution in [2.75, 3.05) is 11.9 Å². The molecule has 0 atom stereocenters. The van der Waals surface area contributed by atoms with Gasteiger partial charge in [0.2, 0.25) is 5.91 Å². The van der Waals surface area contributed by atoms with Gasteiger partial charge in [-0.05, 0) is 31.2 Å². The maximum atomic E-state index is 12.6. The summed E-state index contributed by atoms with van der Waals surface area (Å²) in [6.45, 7) is 5.81. The fourth-order valence-corrected chi connectivity index (χ4v) is 3.54. The lowest BCUT2D eigenvalue weighted by Crippen LogP contribution is -2.30. The summed E-state index contributed by atoms with van der Waals surface area (Å²) in [5, 5.41) is 6.37.